The van der Waals surface area contributed by atoms with Crippen molar-refractivity contribution in [2.75, 3.05) is 39.6 Å². The summed E-state index contributed by atoms with van der Waals surface area (Å²) in [5.74, 6) is -4.81. The molecule has 3 aliphatic heterocycles. The Hall–Kier alpha value is -3.16. The SMILES string of the molecule is CCOP(=O)(OCC)[C@H](C(=O)OCc1ccccc1)N1C(=O)[C@@H](N2[C@@H](c3ccccc3)COC2(C)C)[C@H]1CCC1(COC(C)=O)OCCO1. The van der Waals surface area contributed by atoms with E-state index in [1.807, 2.05) is 67.3 Å². The Balaban J connectivity index is 1.54. The highest BCUT2D eigenvalue weighted by molar-refractivity contribution is 7.55. The van der Waals surface area contributed by atoms with Crippen LogP contribution in [0, 0.1) is 0 Å². The van der Waals surface area contributed by atoms with E-state index in [0.29, 0.717) is 25.4 Å². The molecule has 3 heterocycles. The average molecular weight is 703 g/mol. The highest BCUT2D eigenvalue weighted by Crippen LogP contribution is 2.58. The second-order valence-electron chi connectivity index (χ2n) is 12.6. The highest BCUT2D eigenvalue weighted by Gasteiger charge is 2.64. The molecule has 0 N–H and O–H groups in total. The molecule has 4 atom stereocenters. The molecule has 1 amide bonds. The first-order chi connectivity index (χ1) is 23.5. The maximum atomic E-state index is 14.6. The van der Waals surface area contributed by atoms with Gasteiger partial charge >= 0.3 is 19.5 Å². The predicted molar refractivity (Wildman–Crippen MR) is 177 cm³/mol. The molecule has 49 heavy (non-hydrogen) atoms. The van der Waals surface area contributed by atoms with Crippen molar-refractivity contribution in [2.24, 2.45) is 0 Å². The van der Waals surface area contributed by atoms with Gasteiger partial charge in [0.05, 0.1) is 45.1 Å². The van der Waals surface area contributed by atoms with Crippen LogP contribution in [-0.2, 0) is 58.3 Å². The topological polar surface area (TPSA) is 139 Å². The van der Waals surface area contributed by atoms with Crippen LogP contribution in [0.3, 0.4) is 0 Å². The Bertz CT molecular complexity index is 1470. The number of nitrogens with zero attached hydrogens (tertiary/aromatic N) is 2. The van der Waals surface area contributed by atoms with E-state index in [1.165, 1.54) is 11.8 Å². The van der Waals surface area contributed by atoms with E-state index < -0.39 is 54.8 Å². The van der Waals surface area contributed by atoms with E-state index >= 15 is 0 Å². The van der Waals surface area contributed by atoms with Crippen molar-refractivity contribution in [3.05, 3.63) is 71.8 Å². The molecule has 3 saturated heterocycles. The molecule has 5 rings (SSSR count). The number of rotatable bonds is 16. The van der Waals surface area contributed by atoms with E-state index in [9.17, 15) is 18.9 Å². The highest BCUT2D eigenvalue weighted by atomic mass is 31.2. The molecule has 0 radical (unpaired) electrons. The molecule has 0 aromatic heterocycles. The molecule has 2 aromatic carbocycles. The van der Waals surface area contributed by atoms with Gasteiger partial charge in [-0.3, -0.25) is 19.1 Å². The molecular formula is C35H47N2O11P. The van der Waals surface area contributed by atoms with Crippen LogP contribution < -0.4 is 0 Å². The van der Waals surface area contributed by atoms with Crippen molar-refractivity contribution in [3.63, 3.8) is 0 Å². The van der Waals surface area contributed by atoms with Gasteiger partial charge in [0.1, 0.15) is 25.0 Å². The lowest BCUT2D eigenvalue weighted by atomic mass is 9.85. The Labute approximate surface area is 287 Å². The third kappa shape index (κ3) is 8.09. The number of amides is 1. The second kappa shape index (κ2) is 15.8. The maximum absolute atomic E-state index is 14.6. The van der Waals surface area contributed by atoms with Gasteiger partial charge in [0.15, 0.2) is 0 Å². The molecule has 0 unspecified atom stereocenters. The number of ether oxygens (including phenoxy) is 5. The van der Waals surface area contributed by atoms with Crippen LogP contribution >= 0.6 is 7.60 Å². The maximum Gasteiger partial charge on any atom is 0.364 e. The first kappa shape index (κ1) is 37.1. The van der Waals surface area contributed by atoms with E-state index in [2.05, 4.69) is 0 Å². The van der Waals surface area contributed by atoms with Crippen LogP contribution in [0.5, 0.6) is 0 Å². The molecule has 268 valence electrons. The normalized spacial score (nSPS) is 24.0. The van der Waals surface area contributed by atoms with Crippen molar-refractivity contribution >= 4 is 25.4 Å². The molecule has 3 aliphatic rings. The Morgan fingerprint density at radius 3 is 2.14 bits per heavy atom. The van der Waals surface area contributed by atoms with Crippen molar-refractivity contribution in [2.45, 2.75) is 89.5 Å². The van der Waals surface area contributed by atoms with Crippen LogP contribution in [0.2, 0.25) is 0 Å². The predicted octanol–water partition coefficient (Wildman–Crippen LogP) is 4.80. The summed E-state index contributed by atoms with van der Waals surface area (Å²) in [4.78, 5) is 43.8. The molecule has 0 saturated carbocycles. The first-order valence-electron chi connectivity index (χ1n) is 16.8. The summed E-state index contributed by atoms with van der Waals surface area (Å²) >= 11 is 0. The van der Waals surface area contributed by atoms with Gasteiger partial charge in [0.2, 0.25) is 17.5 Å². The second-order valence-corrected chi connectivity index (χ2v) is 14.7. The van der Waals surface area contributed by atoms with Crippen molar-refractivity contribution in [3.8, 4) is 0 Å². The Kier molecular flexibility index (Phi) is 12.0. The van der Waals surface area contributed by atoms with Gasteiger partial charge in [-0.05, 0) is 45.2 Å². The minimum Gasteiger partial charge on any atom is -0.460 e. The lowest BCUT2D eigenvalue weighted by molar-refractivity contribution is -0.208. The van der Waals surface area contributed by atoms with E-state index in [-0.39, 0.29) is 45.3 Å². The Morgan fingerprint density at radius 1 is 0.939 bits per heavy atom. The Morgan fingerprint density at radius 2 is 1.55 bits per heavy atom. The lowest BCUT2D eigenvalue weighted by Crippen LogP contribution is -2.75. The summed E-state index contributed by atoms with van der Waals surface area (Å²) in [5.41, 5.74) is 0.791. The van der Waals surface area contributed by atoms with Gasteiger partial charge in [-0.1, -0.05) is 60.7 Å². The van der Waals surface area contributed by atoms with Gasteiger partial charge in [0.25, 0.3) is 0 Å². The zero-order valence-electron chi connectivity index (χ0n) is 28.8. The zero-order chi connectivity index (χ0) is 35.2. The standard InChI is InChI=1S/C35H47N2O11P/c1-6-47-49(41,48-7-2)32(33(40)42-22-26-14-10-8-11-15-26)36-28(18-19-35(24-43-25(3)38)44-20-21-45-35)30(31(36)39)37-29(23-46-34(37,4)5)27-16-12-9-13-17-27/h8-17,28-30,32H,6-7,18-24H2,1-5H3/t28-,29-,30+,32-/m1/s1. The fraction of sp³-hybridized carbons (Fsp3) is 0.571. The molecule has 14 heteroatoms. The largest absolute Gasteiger partial charge is 0.460 e. The summed E-state index contributed by atoms with van der Waals surface area (Å²) in [7, 11) is -4.31. The van der Waals surface area contributed by atoms with Crippen molar-refractivity contribution in [1.29, 1.82) is 0 Å². The number of benzene rings is 2. The summed E-state index contributed by atoms with van der Waals surface area (Å²) in [5, 5.41) is 0. The fourth-order valence-corrected chi connectivity index (χ4v) is 8.84. The average Bonchev–Trinajstić information content (AvgIpc) is 3.68. The third-order valence-electron chi connectivity index (χ3n) is 9.01. The van der Waals surface area contributed by atoms with E-state index in [1.54, 1.807) is 26.0 Å². The smallest absolute Gasteiger partial charge is 0.364 e. The minimum atomic E-state index is -4.31. The van der Waals surface area contributed by atoms with E-state index in [4.69, 9.17) is 32.7 Å². The van der Waals surface area contributed by atoms with Crippen molar-refractivity contribution < 1.29 is 51.7 Å². The molecule has 3 fully saturated rings. The number of likely N-dealkylation sites (tertiary alicyclic amines) is 1. The summed E-state index contributed by atoms with van der Waals surface area (Å²) in [6, 6.07) is 17.0. The van der Waals surface area contributed by atoms with Gasteiger partial charge in [-0.2, -0.15) is 0 Å². The molecule has 0 aliphatic carbocycles. The number of hydrogen-bond donors (Lipinski definition) is 0. The summed E-state index contributed by atoms with van der Waals surface area (Å²) < 4.78 is 55.2. The minimum absolute atomic E-state index is 0.0356. The van der Waals surface area contributed by atoms with Gasteiger partial charge in [-0.15, -0.1) is 0 Å². The third-order valence-corrected chi connectivity index (χ3v) is 11.3. The van der Waals surface area contributed by atoms with Crippen molar-refractivity contribution in [1.82, 2.24) is 9.80 Å². The van der Waals surface area contributed by atoms with E-state index in [0.717, 1.165) is 5.56 Å². The van der Waals surface area contributed by atoms with Crippen LogP contribution in [0.1, 0.15) is 64.6 Å². The molecular weight excluding hydrogens is 655 g/mol. The van der Waals surface area contributed by atoms with Crippen LogP contribution in [-0.4, -0.2) is 96.7 Å². The number of carbonyl (C=O) groups is 3. The van der Waals surface area contributed by atoms with Gasteiger partial charge < -0.3 is 37.6 Å². The first-order valence-corrected chi connectivity index (χ1v) is 18.4. The molecule has 0 bridgehead atoms. The number of β-lactam (4-membered cyclic amide) rings is 1. The van der Waals surface area contributed by atoms with Gasteiger partial charge in [-0.25, -0.2) is 4.79 Å². The summed E-state index contributed by atoms with van der Waals surface area (Å²) in [6.45, 7) is 8.94. The van der Waals surface area contributed by atoms with Crippen LogP contribution in [0.25, 0.3) is 0 Å². The monoisotopic (exact) mass is 702 g/mol. The molecule has 0 spiro atoms. The van der Waals surface area contributed by atoms with Crippen LogP contribution in [0.4, 0.5) is 0 Å². The number of hydrogen-bond acceptors (Lipinski definition) is 12. The van der Waals surface area contributed by atoms with Gasteiger partial charge in [0, 0.05) is 13.3 Å². The lowest BCUT2D eigenvalue weighted by Gasteiger charge is -2.56. The zero-order valence-corrected chi connectivity index (χ0v) is 29.7. The molecule has 2 aromatic rings. The molecule has 13 nitrogen and oxygen atoms in total. The number of esters is 2. The quantitative estimate of drug-likeness (QED) is 0.135. The number of carbonyl (C=O) groups excluding carboxylic acids is 3. The van der Waals surface area contributed by atoms with Crippen LogP contribution in [0.15, 0.2) is 60.7 Å². The summed E-state index contributed by atoms with van der Waals surface area (Å²) in [6.07, 6.45) is 0.405. The fourth-order valence-electron chi connectivity index (χ4n) is 6.84.